The second-order valence-corrected chi connectivity index (χ2v) is 9.39. The molecule has 0 amide bonds. The molecule has 0 unspecified atom stereocenters. The Bertz CT molecular complexity index is 1280. The van der Waals surface area contributed by atoms with Gasteiger partial charge in [0.25, 0.3) is 0 Å². The van der Waals surface area contributed by atoms with E-state index in [0.717, 1.165) is 0 Å². The highest BCUT2D eigenvalue weighted by Gasteiger charge is 2.20. The van der Waals surface area contributed by atoms with Crippen LogP contribution < -0.4 is 5.22 Å². The predicted octanol–water partition coefficient (Wildman–Crippen LogP) is 7.55. The van der Waals surface area contributed by atoms with Crippen molar-refractivity contribution in [2.24, 2.45) is 5.92 Å². The fourth-order valence-electron chi connectivity index (χ4n) is 4.65. The van der Waals surface area contributed by atoms with E-state index in [9.17, 15) is 0 Å². The first-order valence-electron chi connectivity index (χ1n) is 10.3. The van der Waals surface area contributed by atoms with Gasteiger partial charge in [0.2, 0.25) is 0 Å². The van der Waals surface area contributed by atoms with Gasteiger partial charge in [0.1, 0.15) is 0 Å². The SMILES string of the molecule is C=Cc1c(C)ccc2c1/c(=C\C(C)C)c1cccc3c(C(C)(C)C)ccc2c31. The highest BCUT2D eigenvalue weighted by Crippen LogP contribution is 2.38. The minimum atomic E-state index is 0.110. The molecule has 4 rings (SSSR count). The molecule has 0 aliphatic heterocycles. The second-order valence-electron chi connectivity index (χ2n) is 9.39. The number of benzene rings is 4. The lowest BCUT2D eigenvalue weighted by Crippen LogP contribution is -2.14. The van der Waals surface area contributed by atoms with Crippen LogP contribution in [0.3, 0.4) is 0 Å². The average Bonchev–Trinajstić information content (AvgIpc) is 2.63. The molecule has 0 bridgehead atoms. The monoisotopic (exact) mass is 366 g/mol. The van der Waals surface area contributed by atoms with Crippen molar-refractivity contribution >= 4 is 44.5 Å². The van der Waals surface area contributed by atoms with Crippen LogP contribution in [-0.4, -0.2) is 0 Å². The van der Waals surface area contributed by atoms with E-state index in [1.54, 1.807) is 0 Å². The zero-order chi connectivity index (χ0) is 20.2. The maximum Gasteiger partial charge on any atom is -0.00235 e. The van der Waals surface area contributed by atoms with Gasteiger partial charge < -0.3 is 0 Å². The molecule has 0 aliphatic carbocycles. The summed E-state index contributed by atoms with van der Waals surface area (Å²) < 4.78 is 0. The Hall–Kier alpha value is -2.60. The number of rotatable bonds is 2. The van der Waals surface area contributed by atoms with Gasteiger partial charge in [-0.3, -0.25) is 0 Å². The van der Waals surface area contributed by atoms with Crippen LogP contribution in [0.25, 0.3) is 44.5 Å². The van der Waals surface area contributed by atoms with E-state index in [0.29, 0.717) is 5.92 Å². The van der Waals surface area contributed by atoms with Crippen molar-refractivity contribution in [2.45, 2.75) is 47.0 Å². The Morgan fingerprint density at radius 3 is 2.11 bits per heavy atom. The maximum absolute atomic E-state index is 4.14. The summed E-state index contributed by atoms with van der Waals surface area (Å²) in [5, 5.41) is 9.50. The van der Waals surface area contributed by atoms with E-state index in [-0.39, 0.29) is 5.41 Å². The summed E-state index contributed by atoms with van der Waals surface area (Å²) in [5.74, 6) is 0.476. The molecule has 0 saturated carbocycles. The Balaban J connectivity index is 2.40. The van der Waals surface area contributed by atoms with Gasteiger partial charge in [-0.1, -0.05) is 95.8 Å². The van der Waals surface area contributed by atoms with Crippen molar-refractivity contribution in [3.8, 4) is 0 Å². The first-order valence-corrected chi connectivity index (χ1v) is 10.3. The van der Waals surface area contributed by atoms with Crippen LogP contribution in [0.1, 0.15) is 51.3 Å². The normalized spacial score (nSPS) is 13.3. The molecular weight excluding hydrogens is 336 g/mol. The molecule has 0 fully saturated rings. The fraction of sp³-hybridized carbons (Fsp3) is 0.286. The zero-order valence-electron chi connectivity index (χ0n) is 18.0. The minimum Gasteiger partial charge on any atom is -0.0984 e. The van der Waals surface area contributed by atoms with E-state index in [4.69, 9.17) is 0 Å². The van der Waals surface area contributed by atoms with Crippen molar-refractivity contribution in [3.63, 3.8) is 0 Å². The molecule has 0 N–H and O–H groups in total. The highest BCUT2D eigenvalue weighted by molar-refractivity contribution is 6.23. The van der Waals surface area contributed by atoms with Gasteiger partial charge >= 0.3 is 0 Å². The van der Waals surface area contributed by atoms with Crippen molar-refractivity contribution in [1.29, 1.82) is 0 Å². The zero-order valence-corrected chi connectivity index (χ0v) is 18.0. The standard InChI is InChI=1S/C28H30/c1-8-19-18(4)12-13-21-22-14-15-25(28(5,6)7)23-11-9-10-20(27(22)23)24(26(19)21)16-17(2)3/h8-17H,1H2,2-7H3/b24-16-. The van der Waals surface area contributed by atoms with Crippen LogP contribution in [0.15, 0.2) is 49.0 Å². The van der Waals surface area contributed by atoms with E-state index < -0.39 is 0 Å². The lowest BCUT2D eigenvalue weighted by molar-refractivity contribution is 0.596. The summed E-state index contributed by atoms with van der Waals surface area (Å²) in [5.41, 5.74) is 4.06. The smallest absolute Gasteiger partial charge is 0.00235 e. The molecule has 4 aromatic carbocycles. The van der Waals surface area contributed by atoms with Crippen LogP contribution >= 0.6 is 0 Å². The predicted molar refractivity (Wildman–Crippen MR) is 127 cm³/mol. The van der Waals surface area contributed by atoms with E-state index >= 15 is 0 Å². The van der Waals surface area contributed by atoms with Gasteiger partial charge in [0, 0.05) is 0 Å². The quantitative estimate of drug-likeness (QED) is 0.254. The van der Waals surface area contributed by atoms with Gasteiger partial charge in [-0.2, -0.15) is 0 Å². The molecule has 4 aromatic rings. The largest absolute Gasteiger partial charge is 0.0984 e. The Morgan fingerprint density at radius 2 is 1.46 bits per heavy atom. The number of hydrogen-bond donors (Lipinski definition) is 0. The topological polar surface area (TPSA) is 0 Å². The number of hydrogen-bond acceptors (Lipinski definition) is 0. The first-order chi connectivity index (χ1) is 13.2. The summed E-state index contributed by atoms with van der Waals surface area (Å²) >= 11 is 0. The van der Waals surface area contributed by atoms with Gasteiger partial charge in [-0.25, -0.2) is 0 Å². The molecular formula is C28H30. The summed E-state index contributed by atoms with van der Waals surface area (Å²) in [4.78, 5) is 0. The highest BCUT2D eigenvalue weighted by atomic mass is 14.2. The third-order valence-corrected chi connectivity index (χ3v) is 5.87. The molecule has 0 aromatic heterocycles. The molecule has 0 heterocycles. The first kappa shape index (κ1) is 18.7. The van der Waals surface area contributed by atoms with E-state index in [2.05, 4.69) is 96.7 Å². The van der Waals surface area contributed by atoms with Crippen LogP contribution in [0, 0.1) is 12.8 Å². The molecule has 0 saturated heterocycles. The second kappa shape index (κ2) is 6.48. The average molecular weight is 367 g/mol. The Labute approximate surface area is 168 Å². The van der Waals surface area contributed by atoms with Crippen molar-refractivity contribution in [1.82, 2.24) is 0 Å². The molecule has 28 heavy (non-hydrogen) atoms. The van der Waals surface area contributed by atoms with E-state index in [1.165, 1.54) is 54.2 Å². The minimum absolute atomic E-state index is 0.110. The lowest BCUT2D eigenvalue weighted by Gasteiger charge is -2.24. The van der Waals surface area contributed by atoms with Gasteiger partial charge in [-0.15, -0.1) is 0 Å². The molecule has 142 valence electrons. The third kappa shape index (κ3) is 2.75. The summed E-state index contributed by atoms with van der Waals surface area (Å²) in [6.45, 7) is 17.8. The summed E-state index contributed by atoms with van der Waals surface area (Å²) in [7, 11) is 0. The Kier molecular flexibility index (Phi) is 4.34. The number of fused-ring (bicyclic) bond motifs is 2. The van der Waals surface area contributed by atoms with Gasteiger partial charge in [-0.05, 0) is 72.5 Å². The third-order valence-electron chi connectivity index (χ3n) is 5.87. The summed E-state index contributed by atoms with van der Waals surface area (Å²) in [6.07, 6.45) is 4.45. The molecule has 0 radical (unpaired) electrons. The maximum atomic E-state index is 4.14. The van der Waals surface area contributed by atoms with Gasteiger partial charge in [0.15, 0.2) is 0 Å². The molecule has 0 spiro atoms. The van der Waals surface area contributed by atoms with Crippen molar-refractivity contribution in [2.75, 3.05) is 0 Å². The van der Waals surface area contributed by atoms with Crippen LogP contribution in [0.2, 0.25) is 0 Å². The van der Waals surface area contributed by atoms with Crippen molar-refractivity contribution < 1.29 is 0 Å². The molecule has 0 atom stereocenters. The van der Waals surface area contributed by atoms with Crippen LogP contribution in [-0.2, 0) is 5.41 Å². The number of aryl methyl sites for hydroxylation is 1. The lowest BCUT2D eigenvalue weighted by atomic mass is 9.80. The molecule has 0 nitrogen and oxygen atoms in total. The fourth-order valence-corrected chi connectivity index (χ4v) is 4.65. The van der Waals surface area contributed by atoms with Gasteiger partial charge in [0.05, 0.1) is 0 Å². The molecule has 0 heteroatoms. The molecule has 0 aliphatic rings. The van der Waals surface area contributed by atoms with Crippen LogP contribution in [0.4, 0.5) is 0 Å². The van der Waals surface area contributed by atoms with Crippen molar-refractivity contribution in [3.05, 3.63) is 71.0 Å². The van der Waals surface area contributed by atoms with E-state index in [1.807, 2.05) is 6.08 Å². The summed E-state index contributed by atoms with van der Waals surface area (Å²) in [6, 6.07) is 16.0. The van der Waals surface area contributed by atoms with Crippen LogP contribution in [0.5, 0.6) is 0 Å². The Morgan fingerprint density at radius 1 is 0.821 bits per heavy atom.